The van der Waals surface area contributed by atoms with E-state index in [1.165, 1.54) is 5.56 Å². The van der Waals surface area contributed by atoms with Crippen molar-refractivity contribution in [2.24, 2.45) is 0 Å². The SMILES string of the molecule is Cc1nc(NCc2cccc3ncccc23)n2ncc(C(C)C)c2n1.O=S=O. The minimum absolute atomic E-state index is 0.365. The number of pyridine rings is 1. The second kappa shape index (κ2) is 8.66. The maximum absolute atomic E-state index is 8.29. The van der Waals surface area contributed by atoms with Crippen LogP contribution in [-0.4, -0.2) is 33.0 Å². The first-order valence-corrected chi connectivity index (χ1v) is 9.42. The van der Waals surface area contributed by atoms with E-state index in [1.807, 2.05) is 37.5 Å². The van der Waals surface area contributed by atoms with E-state index in [9.17, 15) is 0 Å². The summed E-state index contributed by atoms with van der Waals surface area (Å²) < 4.78 is 18.4. The molecule has 0 bridgehead atoms. The Hall–Kier alpha value is -3.20. The molecule has 8 nitrogen and oxygen atoms in total. The Morgan fingerprint density at radius 2 is 1.93 bits per heavy atom. The van der Waals surface area contributed by atoms with Crippen molar-refractivity contribution in [1.82, 2.24) is 24.6 Å². The summed E-state index contributed by atoms with van der Waals surface area (Å²) in [4.78, 5) is 13.5. The smallest absolute Gasteiger partial charge is 0.335 e. The molecule has 1 aromatic carbocycles. The number of hydrogen-bond acceptors (Lipinski definition) is 7. The Balaban J connectivity index is 0.000000706. The van der Waals surface area contributed by atoms with Crippen LogP contribution in [-0.2, 0) is 18.1 Å². The van der Waals surface area contributed by atoms with Gasteiger partial charge >= 0.3 is 11.6 Å². The summed E-state index contributed by atoms with van der Waals surface area (Å²) >= 11 is -0.750. The lowest BCUT2D eigenvalue weighted by molar-refractivity contribution is 0.630. The number of fused-ring (bicyclic) bond motifs is 2. The van der Waals surface area contributed by atoms with Crippen molar-refractivity contribution in [3.8, 4) is 0 Å². The quantitative estimate of drug-likeness (QED) is 0.565. The van der Waals surface area contributed by atoms with Crippen molar-refractivity contribution < 1.29 is 8.42 Å². The first-order valence-electron chi connectivity index (χ1n) is 8.75. The second-order valence-electron chi connectivity index (χ2n) is 6.49. The average molecular weight is 396 g/mol. The van der Waals surface area contributed by atoms with Crippen molar-refractivity contribution in [1.29, 1.82) is 0 Å². The van der Waals surface area contributed by atoms with Crippen molar-refractivity contribution in [3.63, 3.8) is 0 Å². The van der Waals surface area contributed by atoms with Gasteiger partial charge in [0.2, 0.25) is 5.95 Å². The van der Waals surface area contributed by atoms with Gasteiger partial charge in [-0.25, -0.2) is 4.98 Å². The standard InChI is InChI=1S/C19H20N6.O2S/c1-12(2)16-11-22-25-18(16)23-13(3)24-19(25)21-10-14-6-4-8-17-15(14)7-5-9-20-17;1-3-2/h4-9,11-12H,10H2,1-3H3,(H,21,23,24);. The highest BCUT2D eigenvalue weighted by atomic mass is 32.1. The summed E-state index contributed by atoms with van der Waals surface area (Å²) in [5.41, 5.74) is 4.16. The van der Waals surface area contributed by atoms with E-state index in [0.29, 0.717) is 18.4 Å². The topological polar surface area (TPSA) is 102 Å². The van der Waals surface area contributed by atoms with Gasteiger partial charge in [0.1, 0.15) is 5.82 Å². The molecule has 0 unspecified atom stereocenters. The number of anilines is 1. The highest BCUT2D eigenvalue weighted by Crippen LogP contribution is 2.22. The van der Waals surface area contributed by atoms with Gasteiger partial charge in [-0.05, 0) is 30.5 Å². The van der Waals surface area contributed by atoms with E-state index in [2.05, 4.69) is 51.3 Å². The highest BCUT2D eigenvalue weighted by Gasteiger charge is 2.14. The van der Waals surface area contributed by atoms with E-state index >= 15 is 0 Å². The molecule has 0 aliphatic heterocycles. The van der Waals surface area contributed by atoms with E-state index in [0.717, 1.165) is 27.9 Å². The van der Waals surface area contributed by atoms with Gasteiger partial charge in [-0.15, -0.1) is 0 Å². The van der Waals surface area contributed by atoms with E-state index in [-0.39, 0.29) is 0 Å². The van der Waals surface area contributed by atoms with Crippen LogP contribution in [0.2, 0.25) is 0 Å². The lowest BCUT2D eigenvalue weighted by Gasteiger charge is -2.10. The zero-order valence-corrected chi connectivity index (χ0v) is 16.6. The molecule has 0 radical (unpaired) electrons. The summed E-state index contributed by atoms with van der Waals surface area (Å²) in [6.07, 6.45) is 3.69. The average Bonchev–Trinajstić information content (AvgIpc) is 3.11. The van der Waals surface area contributed by atoms with Crippen molar-refractivity contribution in [3.05, 3.63) is 59.7 Å². The Morgan fingerprint density at radius 3 is 2.68 bits per heavy atom. The van der Waals surface area contributed by atoms with Gasteiger partial charge in [0, 0.05) is 23.7 Å². The van der Waals surface area contributed by atoms with Crippen LogP contribution in [0, 0.1) is 6.92 Å². The zero-order chi connectivity index (χ0) is 20.1. The van der Waals surface area contributed by atoms with Crippen LogP contribution in [0.5, 0.6) is 0 Å². The molecule has 0 atom stereocenters. The third-order valence-electron chi connectivity index (χ3n) is 4.30. The number of aromatic nitrogens is 5. The number of nitrogens with one attached hydrogen (secondary N) is 1. The third kappa shape index (κ3) is 4.04. The van der Waals surface area contributed by atoms with Gasteiger partial charge in [-0.1, -0.05) is 32.0 Å². The number of nitrogens with zero attached hydrogens (tertiary/aromatic N) is 5. The van der Waals surface area contributed by atoms with Crippen LogP contribution in [0.3, 0.4) is 0 Å². The Bertz CT molecular complexity index is 1150. The monoisotopic (exact) mass is 396 g/mol. The largest absolute Gasteiger partial charge is 0.350 e. The molecular weight excluding hydrogens is 376 g/mol. The molecule has 0 aliphatic carbocycles. The molecule has 0 saturated carbocycles. The highest BCUT2D eigenvalue weighted by molar-refractivity contribution is 7.51. The summed E-state index contributed by atoms with van der Waals surface area (Å²) in [5.74, 6) is 1.80. The summed E-state index contributed by atoms with van der Waals surface area (Å²) in [7, 11) is 0. The number of hydrogen-bond donors (Lipinski definition) is 1. The van der Waals surface area contributed by atoms with Crippen LogP contribution >= 0.6 is 0 Å². The molecule has 4 aromatic rings. The molecule has 0 aliphatic rings. The molecule has 3 heterocycles. The molecule has 4 rings (SSSR count). The first kappa shape index (κ1) is 19.6. The molecule has 9 heteroatoms. The van der Waals surface area contributed by atoms with Crippen molar-refractivity contribution in [2.45, 2.75) is 33.2 Å². The fourth-order valence-corrected chi connectivity index (χ4v) is 3.02. The molecule has 0 saturated heterocycles. The minimum atomic E-state index is -0.750. The van der Waals surface area contributed by atoms with E-state index < -0.39 is 11.6 Å². The number of aryl methyl sites for hydroxylation is 1. The molecule has 0 spiro atoms. The molecular formula is C19H20N6O2S. The van der Waals surface area contributed by atoms with Gasteiger partial charge in [-0.2, -0.15) is 23.0 Å². The van der Waals surface area contributed by atoms with Gasteiger partial charge < -0.3 is 5.32 Å². The van der Waals surface area contributed by atoms with Gasteiger partial charge in [0.25, 0.3) is 0 Å². The Morgan fingerprint density at radius 1 is 1.14 bits per heavy atom. The van der Waals surface area contributed by atoms with Crippen molar-refractivity contribution >= 4 is 34.1 Å². The number of benzene rings is 1. The third-order valence-corrected chi connectivity index (χ3v) is 4.30. The maximum atomic E-state index is 8.29. The Labute approximate surface area is 165 Å². The minimum Gasteiger partial charge on any atom is -0.350 e. The van der Waals surface area contributed by atoms with Gasteiger partial charge in [0.15, 0.2) is 5.65 Å². The predicted octanol–water partition coefficient (Wildman–Crippen LogP) is 3.05. The van der Waals surface area contributed by atoms with Crippen LogP contribution in [0.15, 0.2) is 42.7 Å². The molecule has 0 amide bonds. The molecule has 144 valence electrons. The van der Waals surface area contributed by atoms with Gasteiger partial charge in [0.05, 0.1) is 11.7 Å². The summed E-state index contributed by atoms with van der Waals surface area (Å²) in [6, 6.07) is 10.2. The van der Waals surface area contributed by atoms with E-state index in [4.69, 9.17) is 8.42 Å². The molecule has 28 heavy (non-hydrogen) atoms. The fourth-order valence-electron chi connectivity index (χ4n) is 3.02. The maximum Gasteiger partial charge on any atom is 0.335 e. The summed E-state index contributed by atoms with van der Waals surface area (Å²) in [5, 5.41) is 9.02. The normalized spacial score (nSPS) is 10.7. The Kier molecular flexibility index (Phi) is 6.05. The lowest BCUT2D eigenvalue weighted by atomic mass is 10.1. The molecule has 1 N–H and O–H groups in total. The number of rotatable bonds is 4. The van der Waals surface area contributed by atoms with Crippen LogP contribution in [0.4, 0.5) is 5.95 Å². The van der Waals surface area contributed by atoms with Crippen LogP contribution in [0.1, 0.15) is 36.7 Å². The molecule has 3 aromatic heterocycles. The summed E-state index contributed by atoms with van der Waals surface area (Å²) in [6.45, 7) is 6.84. The first-order chi connectivity index (χ1) is 13.5. The van der Waals surface area contributed by atoms with E-state index in [1.54, 1.807) is 4.52 Å². The zero-order valence-electron chi connectivity index (χ0n) is 15.8. The second-order valence-corrected chi connectivity index (χ2v) is 6.63. The van der Waals surface area contributed by atoms with Crippen LogP contribution < -0.4 is 5.32 Å². The predicted molar refractivity (Wildman–Crippen MR) is 108 cm³/mol. The van der Waals surface area contributed by atoms with Gasteiger partial charge in [-0.3, -0.25) is 4.98 Å². The fraction of sp³-hybridized carbons (Fsp3) is 0.263. The lowest BCUT2D eigenvalue weighted by Crippen LogP contribution is -2.10. The molecule has 0 fully saturated rings. The van der Waals surface area contributed by atoms with Crippen molar-refractivity contribution in [2.75, 3.05) is 5.32 Å². The van der Waals surface area contributed by atoms with Crippen LogP contribution in [0.25, 0.3) is 16.6 Å².